The Morgan fingerprint density at radius 3 is 2.24 bits per heavy atom. The number of urea groups is 1. The van der Waals surface area contributed by atoms with Crippen LogP contribution in [0.4, 0.5) is 4.79 Å². The topological polar surface area (TPSA) is 116 Å². The first-order valence-corrected chi connectivity index (χ1v) is 19.3. The highest BCUT2D eigenvalue weighted by molar-refractivity contribution is 7.90. The molecule has 0 spiro atoms. The number of carbonyl (C=O) groups is 1. The number of carbonyl (C=O) groups excluding carboxylic acids is 1. The average Bonchev–Trinajstić information content (AvgIpc) is 3.28. The van der Waals surface area contributed by atoms with Gasteiger partial charge in [0.1, 0.15) is 0 Å². The van der Waals surface area contributed by atoms with Gasteiger partial charge in [0.15, 0.2) is 0 Å². The fraction of sp³-hybridized carbons (Fsp3) is 0.811. The average molecular weight is 645 g/mol. The molecule has 1 unspecified atom stereocenters. The van der Waals surface area contributed by atoms with Gasteiger partial charge in [-0.1, -0.05) is 67.0 Å². The van der Waals surface area contributed by atoms with E-state index in [1.807, 2.05) is 0 Å². The van der Waals surface area contributed by atoms with Crippen LogP contribution in [0.25, 0.3) is 0 Å². The Hall–Kier alpha value is -1.64. The van der Waals surface area contributed by atoms with Gasteiger partial charge in [-0.3, -0.25) is 0 Å². The van der Waals surface area contributed by atoms with Crippen molar-refractivity contribution in [2.45, 2.75) is 135 Å². The Bertz CT molecular complexity index is 1310. The molecule has 7 nitrogen and oxygen atoms in total. The summed E-state index contributed by atoms with van der Waals surface area (Å²) in [4.78, 5) is 12.7. The van der Waals surface area contributed by atoms with Crippen molar-refractivity contribution in [1.82, 2.24) is 10.0 Å². The summed E-state index contributed by atoms with van der Waals surface area (Å²) in [6.07, 6.45) is 9.68. The van der Waals surface area contributed by atoms with Crippen molar-refractivity contribution in [2.75, 3.05) is 6.54 Å². The quantitative estimate of drug-likeness (QED) is 0.255. The number of aliphatic hydroxyl groups is 2. The number of hydrogen-bond acceptors (Lipinski definition) is 5. The monoisotopic (exact) mass is 644 g/mol. The van der Waals surface area contributed by atoms with Crippen LogP contribution in [0, 0.1) is 52.3 Å². The van der Waals surface area contributed by atoms with Crippen molar-refractivity contribution in [2.24, 2.45) is 52.3 Å². The summed E-state index contributed by atoms with van der Waals surface area (Å²) >= 11 is 0. The van der Waals surface area contributed by atoms with Crippen molar-refractivity contribution in [3.05, 3.63) is 29.8 Å². The predicted molar refractivity (Wildman–Crippen MR) is 179 cm³/mol. The van der Waals surface area contributed by atoms with E-state index in [-0.39, 0.29) is 39.3 Å². The molecule has 254 valence electrons. The summed E-state index contributed by atoms with van der Waals surface area (Å²) in [6, 6.07) is 6.02. The SMILES string of the molecule is CC[C@H]1C(O)C[C@H]2[C@H](CC[C@]3(C)[C@@H]([C@H](C)CCNC(=O)NS(=O)(=O)c4ccc(C(C)(C)C)cc4)CC[C@@H]23)[C@@]2(C)CC[C@@H](O)C[C@@H]12. The van der Waals surface area contributed by atoms with E-state index in [1.54, 1.807) is 24.3 Å². The first-order valence-electron chi connectivity index (χ1n) is 17.8. The van der Waals surface area contributed by atoms with E-state index in [1.165, 1.54) is 25.7 Å². The molecule has 0 radical (unpaired) electrons. The molecule has 0 heterocycles. The Morgan fingerprint density at radius 2 is 1.60 bits per heavy atom. The van der Waals surface area contributed by atoms with Crippen molar-refractivity contribution in [3.8, 4) is 0 Å². The maximum atomic E-state index is 12.8. The zero-order valence-electron chi connectivity index (χ0n) is 28.8. The van der Waals surface area contributed by atoms with E-state index >= 15 is 0 Å². The second kappa shape index (κ2) is 12.8. The number of rotatable bonds is 7. The summed E-state index contributed by atoms with van der Waals surface area (Å²) in [5, 5.41) is 25.1. The van der Waals surface area contributed by atoms with Crippen LogP contribution < -0.4 is 10.0 Å². The number of hydrogen-bond donors (Lipinski definition) is 4. The highest BCUT2D eigenvalue weighted by Crippen LogP contribution is 2.68. The molecule has 45 heavy (non-hydrogen) atoms. The summed E-state index contributed by atoms with van der Waals surface area (Å²) < 4.78 is 27.9. The summed E-state index contributed by atoms with van der Waals surface area (Å²) in [5.41, 5.74) is 1.33. The number of aliphatic hydroxyl groups excluding tert-OH is 2. The van der Waals surface area contributed by atoms with Crippen LogP contribution in [-0.4, -0.2) is 43.4 Å². The molecule has 11 atom stereocenters. The number of nitrogens with one attached hydrogen (secondary N) is 2. The third-order valence-electron chi connectivity index (χ3n) is 13.6. The van der Waals surface area contributed by atoms with Crippen LogP contribution in [-0.2, 0) is 15.4 Å². The van der Waals surface area contributed by atoms with Crippen LogP contribution in [0.3, 0.4) is 0 Å². The van der Waals surface area contributed by atoms with E-state index in [4.69, 9.17) is 0 Å². The minimum atomic E-state index is -3.95. The Labute approximate surface area is 272 Å². The molecule has 5 rings (SSSR count). The molecule has 4 aliphatic carbocycles. The number of amides is 2. The fourth-order valence-corrected chi connectivity index (χ4v) is 12.1. The number of fused-ring (bicyclic) bond motifs is 5. The van der Waals surface area contributed by atoms with Gasteiger partial charge in [0.05, 0.1) is 17.1 Å². The minimum Gasteiger partial charge on any atom is -0.393 e. The molecular weight excluding hydrogens is 584 g/mol. The zero-order valence-corrected chi connectivity index (χ0v) is 29.6. The second-order valence-electron chi connectivity index (χ2n) is 16.9. The molecule has 0 bridgehead atoms. The Kier molecular flexibility index (Phi) is 9.84. The maximum absolute atomic E-state index is 12.8. The smallest absolute Gasteiger partial charge is 0.328 e. The molecule has 4 N–H and O–H groups in total. The molecule has 2 amide bonds. The highest BCUT2D eigenvalue weighted by Gasteiger charge is 2.61. The molecule has 4 fully saturated rings. The molecule has 1 aromatic carbocycles. The standard InChI is InChI=1S/C37H60N2O5S/c1-8-27-32-21-25(40)15-18-37(32,7)31-16-19-36(6)29(13-14-30(36)28(31)22-33(27)41)23(2)17-20-38-34(42)39-45(43,44)26-11-9-24(10-12-26)35(3,4)5/h9-12,23,25,27-33,40-41H,8,13-22H2,1-7H3,(H2,38,39,42)/t23-,25-,27-,28-,29-,30+,31+,32+,33?,36-,37-/m1/s1. The minimum absolute atomic E-state index is 0.0815. The van der Waals surface area contributed by atoms with Crippen LogP contribution in [0.15, 0.2) is 29.2 Å². The largest absolute Gasteiger partial charge is 0.393 e. The normalized spacial score (nSPS) is 39.1. The lowest BCUT2D eigenvalue weighted by atomic mass is 9.48. The van der Waals surface area contributed by atoms with Gasteiger partial charge in [-0.2, -0.15) is 0 Å². The van der Waals surface area contributed by atoms with Gasteiger partial charge < -0.3 is 15.5 Å². The third kappa shape index (κ3) is 6.59. The number of sulfonamides is 1. The van der Waals surface area contributed by atoms with Gasteiger partial charge in [0, 0.05) is 6.54 Å². The zero-order chi connectivity index (χ0) is 32.9. The van der Waals surface area contributed by atoms with Gasteiger partial charge in [-0.05, 0) is 133 Å². The maximum Gasteiger partial charge on any atom is 0.328 e. The van der Waals surface area contributed by atoms with E-state index in [0.29, 0.717) is 42.1 Å². The van der Waals surface area contributed by atoms with Gasteiger partial charge in [0.2, 0.25) is 0 Å². The van der Waals surface area contributed by atoms with Crippen molar-refractivity contribution in [1.29, 1.82) is 0 Å². The molecular formula is C37H60N2O5S. The first-order chi connectivity index (χ1) is 21.0. The lowest BCUT2D eigenvalue weighted by Gasteiger charge is -2.57. The van der Waals surface area contributed by atoms with Crippen molar-refractivity contribution < 1.29 is 23.4 Å². The van der Waals surface area contributed by atoms with Crippen LogP contribution >= 0.6 is 0 Å². The summed E-state index contributed by atoms with van der Waals surface area (Å²) in [6.45, 7) is 16.2. The molecule has 1 aromatic rings. The van der Waals surface area contributed by atoms with Crippen molar-refractivity contribution >= 4 is 16.1 Å². The van der Waals surface area contributed by atoms with Crippen LogP contribution in [0.2, 0.25) is 0 Å². The molecule has 0 saturated heterocycles. The van der Waals surface area contributed by atoms with E-state index in [2.05, 4.69) is 58.5 Å². The first kappa shape index (κ1) is 34.7. The Morgan fingerprint density at radius 1 is 0.956 bits per heavy atom. The van der Waals surface area contributed by atoms with E-state index in [0.717, 1.165) is 44.1 Å². The van der Waals surface area contributed by atoms with Gasteiger partial charge in [0.25, 0.3) is 10.0 Å². The summed E-state index contributed by atoms with van der Waals surface area (Å²) in [5.74, 6) is 3.29. The lowest BCUT2D eigenvalue weighted by molar-refractivity contribution is -0.0964. The molecule has 0 aliphatic heterocycles. The molecule has 4 saturated carbocycles. The predicted octanol–water partition coefficient (Wildman–Crippen LogP) is 7.02. The Balaban J connectivity index is 1.20. The summed E-state index contributed by atoms with van der Waals surface area (Å²) in [7, 11) is -3.95. The van der Waals surface area contributed by atoms with Crippen molar-refractivity contribution in [3.63, 3.8) is 0 Å². The molecule has 0 aromatic heterocycles. The molecule has 8 heteroatoms. The van der Waals surface area contributed by atoms with Crippen LogP contribution in [0.5, 0.6) is 0 Å². The van der Waals surface area contributed by atoms with Gasteiger partial charge >= 0.3 is 6.03 Å². The van der Waals surface area contributed by atoms with E-state index < -0.39 is 16.1 Å². The van der Waals surface area contributed by atoms with Gasteiger partial charge in [-0.15, -0.1) is 0 Å². The van der Waals surface area contributed by atoms with Crippen LogP contribution in [0.1, 0.15) is 118 Å². The molecule has 4 aliphatic rings. The lowest BCUT2D eigenvalue weighted by Crippen LogP contribution is -2.51. The highest BCUT2D eigenvalue weighted by atomic mass is 32.2. The fourth-order valence-electron chi connectivity index (χ4n) is 11.1. The van der Waals surface area contributed by atoms with Gasteiger partial charge in [-0.25, -0.2) is 17.9 Å². The number of benzene rings is 1. The van der Waals surface area contributed by atoms with E-state index in [9.17, 15) is 23.4 Å². The third-order valence-corrected chi connectivity index (χ3v) is 14.9. The second-order valence-corrected chi connectivity index (χ2v) is 18.6.